The van der Waals surface area contributed by atoms with Crippen LogP contribution in [0.15, 0.2) is 41.4 Å². The number of benzene rings is 1. The van der Waals surface area contributed by atoms with Gasteiger partial charge in [-0.15, -0.1) is 0 Å². The molecule has 0 saturated carbocycles. The zero-order valence-corrected chi connectivity index (χ0v) is 12.8. The first-order chi connectivity index (χ1) is 9.95. The number of rotatable bonds is 5. The van der Waals surface area contributed by atoms with Gasteiger partial charge in [0.05, 0.1) is 4.90 Å². The van der Waals surface area contributed by atoms with Gasteiger partial charge >= 0.3 is 0 Å². The molecule has 0 bridgehead atoms. The summed E-state index contributed by atoms with van der Waals surface area (Å²) in [5, 5.41) is 0. The van der Waals surface area contributed by atoms with Gasteiger partial charge in [0.2, 0.25) is 6.29 Å². The predicted molar refractivity (Wildman–Crippen MR) is 77.3 cm³/mol. The lowest BCUT2D eigenvalue weighted by atomic mass is 10.2. The van der Waals surface area contributed by atoms with Crippen LogP contribution in [0.25, 0.3) is 11.4 Å². The smallest absolute Gasteiger partial charge is 0.200 e. The average molecular weight is 308 g/mol. The van der Waals surface area contributed by atoms with Crippen molar-refractivity contribution >= 4 is 9.84 Å². The van der Waals surface area contributed by atoms with Crippen LogP contribution in [0.1, 0.15) is 12.0 Å². The second-order valence-electron chi connectivity index (χ2n) is 4.41. The summed E-state index contributed by atoms with van der Waals surface area (Å²) in [4.78, 5) is 8.74. The van der Waals surface area contributed by atoms with Crippen molar-refractivity contribution in [3.05, 3.63) is 42.2 Å². The quantitative estimate of drug-likeness (QED) is 0.784. The van der Waals surface area contributed by atoms with Crippen LogP contribution in [0.5, 0.6) is 0 Å². The summed E-state index contributed by atoms with van der Waals surface area (Å²) in [7, 11) is -0.246. The summed E-state index contributed by atoms with van der Waals surface area (Å²) >= 11 is 0. The van der Waals surface area contributed by atoms with Crippen molar-refractivity contribution in [2.45, 2.75) is 11.2 Å². The Balaban J connectivity index is 2.45. The number of hydrogen-bond donors (Lipinski definition) is 0. The minimum atomic E-state index is -3.27. The van der Waals surface area contributed by atoms with Crippen LogP contribution in [0.3, 0.4) is 0 Å². The molecule has 0 aliphatic heterocycles. The molecule has 2 aromatic rings. The molecule has 0 saturated heterocycles. The van der Waals surface area contributed by atoms with Gasteiger partial charge in [0.1, 0.15) is 5.69 Å². The monoisotopic (exact) mass is 308 g/mol. The number of sulfone groups is 1. The fourth-order valence-electron chi connectivity index (χ4n) is 1.85. The van der Waals surface area contributed by atoms with E-state index >= 15 is 0 Å². The minimum Gasteiger partial charge on any atom is -0.350 e. The second-order valence-corrected chi connectivity index (χ2v) is 6.42. The molecule has 1 aromatic heterocycles. The molecule has 1 aromatic carbocycles. The molecule has 0 atom stereocenters. The Kier molecular flexibility index (Phi) is 4.66. The third-order valence-corrected chi connectivity index (χ3v) is 3.98. The number of ether oxygens (including phenoxy) is 2. The summed E-state index contributed by atoms with van der Waals surface area (Å²) in [6, 6.07) is 8.18. The molecule has 0 N–H and O–H groups in total. The number of nitrogens with zero attached hydrogens (tertiary/aromatic N) is 2. The van der Waals surface area contributed by atoms with E-state index in [0.717, 1.165) is 6.26 Å². The van der Waals surface area contributed by atoms with Crippen LogP contribution in [-0.2, 0) is 19.3 Å². The van der Waals surface area contributed by atoms with E-state index < -0.39 is 16.1 Å². The first-order valence-corrected chi connectivity index (χ1v) is 8.04. The molecule has 112 valence electrons. The third-order valence-electron chi connectivity index (χ3n) is 2.87. The standard InChI is InChI=1S/C14H16N2O4S/c1-19-14(20-2)12-7-8-15-13(16-12)10-5-4-6-11(9-10)21(3,17)18/h4-9,14H,1-3H3. The molecule has 0 fully saturated rings. The summed E-state index contributed by atoms with van der Waals surface area (Å²) in [6.07, 6.45) is 2.15. The zero-order chi connectivity index (χ0) is 15.5. The predicted octanol–water partition coefficient (Wildman–Crippen LogP) is 1.84. The van der Waals surface area contributed by atoms with Crippen LogP contribution >= 0.6 is 0 Å². The molecule has 0 aliphatic carbocycles. The topological polar surface area (TPSA) is 78.4 Å². The number of aromatic nitrogens is 2. The van der Waals surface area contributed by atoms with E-state index in [1.165, 1.54) is 20.3 Å². The molecule has 7 heteroatoms. The minimum absolute atomic E-state index is 0.226. The molecule has 21 heavy (non-hydrogen) atoms. The molecular weight excluding hydrogens is 292 g/mol. The van der Waals surface area contributed by atoms with Gasteiger partial charge in [-0.1, -0.05) is 12.1 Å². The Labute approximate surface area is 123 Å². The zero-order valence-electron chi connectivity index (χ0n) is 12.0. The van der Waals surface area contributed by atoms with Crippen molar-refractivity contribution < 1.29 is 17.9 Å². The van der Waals surface area contributed by atoms with Crippen molar-refractivity contribution in [3.8, 4) is 11.4 Å². The Morgan fingerprint density at radius 2 is 1.86 bits per heavy atom. The average Bonchev–Trinajstić information content (AvgIpc) is 2.48. The Morgan fingerprint density at radius 1 is 1.14 bits per heavy atom. The van der Waals surface area contributed by atoms with Gasteiger partial charge in [-0.05, 0) is 18.2 Å². The van der Waals surface area contributed by atoms with Gasteiger partial charge in [-0.25, -0.2) is 18.4 Å². The van der Waals surface area contributed by atoms with Crippen molar-refractivity contribution in [3.63, 3.8) is 0 Å². The van der Waals surface area contributed by atoms with Gasteiger partial charge in [-0.2, -0.15) is 0 Å². The molecule has 2 rings (SSSR count). The Hall–Kier alpha value is -1.83. The highest BCUT2D eigenvalue weighted by Gasteiger charge is 2.14. The van der Waals surface area contributed by atoms with E-state index in [9.17, 15) is 8.42 Å². The first kappa shape index (κ1) is 15.6. The maximum atomic E-state index is 11.6. The van der Waals surface area contributed by atoms with Crippen molar-refractivity contribution in [2.75, 3.05) is 20.5 Å². The van der Waals surface area contributed by atoms with Gasteiger partial charge in [0, 0.05) is 32.2 Å². The van der Waals surface area contributed by atoms with Crippen LogP contribution in [0.2, 0.25) is 0 Å². The molecular formula is C14H16N2O4S. The SMILES string of the molecule is COC(OC)c1ccnc(-c2cccc(S(C)(=O)=O)c2)n1. The van der Waals surface area contributed by atoms with Crippen LogP contribution in [-0.4, -0.2) is 38.9 Å². The van der Waals surface area contributed by atoms with Gasteiger partial charge in [0.25, 0.3) is 0 Å². The first-order valence-electron chi connectivity index (χ1n) is 6.14. The van der Waals surface area contributed by atoms with Crippen molar-refractivity contribution in [1.82, 2.24) is 9.97 Å². The van der Waals surface area contributed by atoms with E-state index in [1.807, 2.05) is 0 Å². The van der Waals surface area contributed by atoms with E-state index in [0.29, 0.717) is 17.1 Å². The normalized spacial score (nSPS) is 11.8. The van der Waals surface area contributed by atoms with E-state index in [2.05, 4.69) is 9.97 Å². The summed E-state index contributed by atoms with van der Waals surface area (Å²) < 4.78 is 33.5. The molecule has 0 amide bonds. The van der Waals surface area contributed by atoms with Gasteiger partial charge in [-0.3, -0.25) is 0 Å². The van der Waals surface area contributed by atoms with Crippen molar-refractivity contribution in [1.29, 1.82) is 0 Å². The highest BCUT2D eigenvalue weighted by molar-refractivity contribution is 7.90. The lowest BCUT2D eigenvalue weighted by Gasteiger charge is -2.13. The molecule has 0 spiro atoms. The van der Waals surface area contributed by atoms with Crippen molar-refractivity contribution in [2.24, 2.45) is 0 Å². The Morgan fingerprint density at radius 3 is 2.48 bits per heavy atom. The molecule has 0 radical (unpaired) electrons. The number of hydrogen-bond acceptors (Lipinski definition) is 6. The van der Waals surface area contributed by atoms with Crippen LogP contribution < -0.4 is 0 Å². The van der Waals surface area contributed by atoms with E-state index in [-0.39, 0.29) is 4.90 Å². The second kappa shape index (κ2) is 6.30. The van der Waals surface area contributed by atoms with Crippen LogP contribution in [0.4, 0.5) is 0 Å². The third kappa shape index (κ3) is 3.63. The fourth-order valence-corrected chi connectivity index (χ4v) is 2.51. The van der Waals surface area contributed by atoms with Crippen LogP contribution in [0, 0.1) is 0 Å². The largest absolute Gasteiger partial charge is 0.350 e. The lowest BCUT2D eigenvalue weighted by molar-refractivity contribution is -0.108. The molecule has 6 nitrogen and oxygen atoms in total. The molecule has 1 heterocycles. The fraction of sp³-hybridized carbons (Fsp3) is 0.286. The van der Waals surface area contributed by atoms with Gasteiger partial charge in [0.15, 0.2) is 15.7 Å². The maximum absolute atomic E-state index is 11.6. The highest BCUT2D eigenvalue weighted by atomic mass is 32.2. The summed E-state index contributed by atoms with van der Waals surface area (Å²) in [5.74, 6) is 0.414. The molecule has 0 unspecified atom stereocenters. The van der Waals surface area contributed by atoms with E-state index in [1.54, 1.807) is 30.5 Å². The highest BCUT2D eigenvalue weighted by Crippen LogP contribution is 2.21. The summed E-state index contributed by atoms with van der Waals surface area (Å²) in [5.41, 5.74) is 1.18. The lowest BCUT2D eigenvalue weighted by Crippen LogP contribution is -2.07. The molecule has 0 aliphatic rings. The number of methoxy groups -OCH3 is 2. The maximum Gasteiger partial charge on any atom is 0.200 e. The van der Waals surface area contributed by atoms with E-state index in [4.69, 9.17) is 9.47 Å². The summed E-state index contributed by atoms with van der Waals surface area (Å²) in [6.45, 7) is 0. The van der Waals surface area contributed by atoms with Gasteiger partial charge < -0.3 is 9.47 Å². The Bertz CT molecular complexity index is 727.